The van der Waals surface area contributed by atoms with Crippen LogP contribution in [0.4, 0.5) is 0 Å². The summed E-state index contributed by atoms with van der Waals surface area (Å²) >= 11 is 0. The normalized spacial score (nSPS) is 22.4. The molecular formula is C15H21NO3S. The number of rotatable bonds is 5. The molecular weight excluding hydrogens is 274 g/mol. The van der Waals surface area contributed by atoms with Crippen molar-refractivity contribution in [1.29, 1.82) is 0 Å². The Labute approximate surface area is 120 Å². The Kier molecular flexibility index (Phi) is 4.81. The Bertz CT molecular complexity index is 554. The molecule has 0 saturated carbocycles. The molecule has 1 aromatic rings. The number of carbonyl (C=O) groups excluding carboxylic acids is 1. The number of hydrogen-bond donors (Lipinski definition) is 1. The van der Waals surface area contributed by atoms with Crippen molar-refractivity contribution in [2.24, 2.45) is 5.92 Å². The molecule has 1 saturated heterocycles. The Morgan fingerprint density at radius 2 is 2.05 bits per heavy atom. The molecule has 2 rings (SSSR count). The molecule has 1 aliphatic rings. The molecule has 0 spiro atoms. The maximum atomic E-state index is 12.2. The molecule has 110 valence electrons. The van der Waals surface area contributed by atoms with Crippen molar-refractivity contribution in [1.82, 2.24) is 5.32 Å². The fourth-order valence-electron chi connectivity index (χ4n) is 2.59. The highest BCUT2D eigenvalue weighted by atomic mass is 32.2. The number of benzene rings is 1. The molecule has 5 heteroatoms. The summed E-state index contributed by atoms with van der Waals surface area (Å²) in [5.41, 5.74) is 1.07. The summed E-state index contributed by atoms with van der Waals surface area (Å²) in [6.07, 6.45) is 2.26. The Morgan fingerprint density at radius 3 is 2.60 bits per heavy atom. The van der Waals surface area contributed by atoms with Crippen LogP contribution in [0, 0.1) is 5.92 Å². The number of amides is 1. The predicted octanol–water partition coefficient (Wildman–Crippen LogP) is 2.08. The second kappa shape index (κ2) is 6.39. The first-order chi connectivity index (χ1) is 9.52. The fraction of sp³-hybridized carbons (Fsp3) is 0.533. The number of nitrogens with one attached hydrogen (secondary N) is 1. The fourth-order valence-corrected chi connectivity index (χ4v) is 4.33. The summed E-state index contributed by atoms with van der Waals surface area (Å²) in [5.74, 6) is -0.391. The Balaban J connectivity index is 2.04. The monoisotopic (exact) mass is 295 g/mol. The quantitative estimate of drug-likeness (QED) is 0.904. The first kappa shape index (κ1) is 15.0. The maximum absolute atomic E-state index is 12.2. The minimum absolute atomic E-state index is 0.00747. The third-order valence-electron chi connectivity index (χ3n) is 3.70. The lowest BCUT2D eigenvalue weighted by atomic mass is 10.0. The van der Waals surface area contributed by atoms with Crippen molar-refractivity contribution in [3.8, 4) is 0 Å². The van der Waals surface area contributed by atoms with Crippen LogP contribution in [-0.4, -0.2) is 25.8 Å². The van der Waals surface area contributed by atoms with Crippen LogP contribution >= 0.6 is 0 Å². The molecule has 1 N–H and O–H groups in total. The number of sulfone groups is 1. The van der Waals surface area contributed by atoms with E-state index in [9.17, 15) is 13.2 Å². The SMILES string of the molecule is CCC[C@H](NC(=O)[C@@H]1CCS(=O)(=O)C1)c1ccccc1. The van der Waals surface area contributed by atoms with Crippen LogP contribution in [0.25, 0.3) is 0 Å². The van der Waals surface area contributed by atoms with Gasteiger partial charge in [0.05, 0.1) is 23.5 Å². The largest absolute Gasteiger partial charge is 0.349 e. The lowest BCUT2D eigenvalue weighted by Crippen LogP contribution is -2.34. The highest BCUT2D eigenvalue weighted by Crippen LogP contribution is 2.22. The molecule has 1 amide bonds. The van der Waals surface area contributed by atoms with Crippen molar-refractivity contribution < 1.29 is 13.2 Å². The summed E-state index contributed by atoms with van der Waals surface area (Å²) in [6, 6.07) is 9.79. The Morgan fingerprint density at radius 1 is 1.35 bits per heavy atom. The van der Waals surface area contributed by atoms with Gasteiger partial charge >= 0.3 is 0 Å². The maximum Gasteiger partial charge on any atom is 0.224 e. The molecule has 4 nitrogen and oxygen atoms in total. The third-order valence-corrected chi connectivity index (χ3v) is 5.47. The summed E-state index contributed by atoms with van der Waals surface area (Å²) in [7, 11) is -3.01. The molecule has 0 aliphatic carbocycles. The van der Waals surface area contributed by atoms with Gasteiger partial charge in [-0.15, -0.1) is 0 Å². The summed E-state index contributed by atoms with van der Waals surface area (Å²) < 4.78 is 22.9. The third kappa shape index (κ3) is 3.82. The molecule has 1 aliphatic heterocycles. The molecule has 0 radical (unpaired) electrons. The number of carbonyl (C=O) groups is 1. The Hall–Kier alpha value is -1.36. The topological polar surface area (TPSA) is 63.2 Å². The smallest absolute Gasteiger partial charge is 0.224 e. The van der Waals surface area contributed by atoms with Crippen molar-refractivity contribution in [3.63, 3.8) is 0 Å². The first-order valence-corrected chi connectivity index (χ1v) is 8.89. The van der Waals surface area contributed by atoms with Gasteiger partial charge in [-0.3, -0.25) is 4.79 Å². The van der Waals surface area contributed by atoms with Crippen LogP contribution in [0.5, 0.6) is 0 Å². The van der Waals surface area contributed by atoms with Crippen LogP contribution in [0.3, 0.4) is 0 Å². The predicted molar refractivity (Wildman–Crippen MR) is 79.0 cm³/mol. The lowest BCUT2D eigenvalue weighted by molar-refractivity contribution is -0.125. The number of hydrogen-bond acceptors (Lipinski definition) is 3. The van der Waals surface area contributed by atoms with E-state index in [-0.39, 0.29) is 29.4 Å². The van der Waals surface area contributed by atoms with E-state index in [1.165, 1.54) is 0 Å². The average Bonchev–Trinajstić information content (AvgIpc) is 2.80. The van der Waals surface area contributed by atoms with Crippen LogP contribution in [0.2, 0.25) is 0 Å². The van der Waals surface area contributed by atoms with E-state index in [1.807, 2.05) is 30.3 Å². The minimum atomic E-state index is -3.01. The zero-order chi connectivity index (χ0) is 14.6. The van der Waals surface area contributed by atoms with Gasteiger partial charge < -0.3 is 5.32 Å². The van der Waals surface area contributed by atoms with E-state index in [0.717, 1.165) is 18.4 Å². The zero-order valence-corrected chi connectivity index (χ0v) is 12.5. The van der Waals surface area contributed by atoms with Gasteiger partial charge in [-0.1, -0.05) is 43.7 Å². The van der Waals surface area contributed by atoms with Crippen LogP contribution in [0.1, 0.15) is 37.8 Å². The lowest BCUT2D eigenvalue weighted by Gasteiger charge is -2.20. The second-order valence-electron chi connectivity index (χ2n) is 5.36. The van der Waals surface area contributed by atoms with Crippen molar-refractivity contribution in [3.05, 3.63) is 35.9 Å². The van der Waals surface area contributed by atoms with Gasteiger partial charge in [-0.05, 0) is 18.4 Å². The van der Waals surface area contributed by atoms with Crippen LogP contribution < -0.4 is 5.32 Å². The van der Waals surface area contributed by atoms with E-state index in [2.05, 4.69) is 12.2 Å². The zero-order valence-electron chi connectivity index (χ0n) is 11.7. The van der Waals surface area contributed by atoms with Gasteiger partial charge in [0.15, 0.2) is 9.84 Å². The van der Waals surface area contributed by atoms with Gasteiger partial charge in [0, 0.05) is 0 Å². The molecule has 1 aromatic carbocycles. The molecule has 20 heavy (non-hydrogen) atoms. The summed E-state index contributed by atoms with van der Waals surface area (Å²) in [4.78, 5) is 12.2. The molecule has 0 bridgehead atoms. The van der Waals surface area contributed by atoms with E-state index >= 15 is 0 Å². The van der Waals surface area contributed by atoms with E-state index in [0.29, 0.717) is 6.42 Å². The van der Waals surface area contributed by atoms with Gasteiger partial charge in [0.2, 0.25) is 5.91 Å². The average molecular weight is 295 g/mol. The molecule has 0 aromatic heterocycles. The van der Waals surface area contributed by atoms with E-state index in [1.54, 1.807) is 0 Å². The second-order valence-corrected chi connectivity index (χ2v) is 7.59. The summed E-state index contributed by atoms with van der Waals surface area (Å²) in [5, 5.41) is 3.01. The van der Waals surface area contributed by atoms with Gasteiger partial charge in [-0.25, -0.2) is 8.42 Å². The van der Waals surface area contributed by atoms with Gasteiger partial charge in [-0.2, -0.15) is 0 Å². The highest BCUT2D eigenvalue weighted by Gasteiger charge is 2.33. The van der Waals surface area contributed by atoms with E-state index < -0.39 is 9.84 Å². The molecule has 0 unspecified atom stereocenters. The first-order valence-electron chi connectivity index (χ1n) is 7.07. The van der Waals surface area contributed by atoms with Crippen molar-refractivity contribution in [2.75, 3.05) is 11.5 Å². The summed E-state index contributed by atoms with van der Waals surface area (Å²) in [6.45, 7) is 2.07. The molecule has 2 atom stereocenters. The van der Waals surface area contributed by atoms with E-state index in [4.69, 9.17) is 0 Å². The van der Waals surface area contributed by atoms with Crippen LogP contribution in [0.15, 0.2) is 30.3 Å². The molecule has 1 fully saturated rings. The standard InChI is InChI=1S/C15H21NO3S/c1-2-6-14(12-7-4-3-5-8-12)16-15(17)13-9-10-20(18,19)11-13/h3-5,7-8,13-14H,2,6,9-11H2,1H3,(H,16,17)/t13-,14+/m1/s1. The minimum Gasteiger partial charge on any atom is -0.349 e. The van der Waals surface area contributed by atoms with Gasteiger partial charge in [0.1, 0.15) is 0 Å². The van der Waals surface area contributed by atoms with Crippen molar-refractivity contribution >= 4 is 15.7 Å². The highest BCUT2D eigenvalue weighted by molar-refractivity contribution is 7.91. The molecule has 1 heterocycles. The van der Waals surface area contributed by atoms with Crippen molar-refractivity contribution in [2.45, 2.75) is 32.2 Å². The van der Waals surface area contributed by atoms with Crippen LogP contribution in [-0.2, 0) is 14.6 Å². The van der Waals surface area contributed by atoms with Gasteiger partial charge in [0.25, 0.3) is 0 Å².